The lowest BCUT2D eigenvalue weighted by atomic mass is 9.98. The first-order chi connectivity index (χ1) is 14.4. The third-order valence-electron chi connectivity index (χ3n) is 5.94. The van der Waals surface area contributed by atoms with Crippen LogP contribution in [0.15, 0.2) is 23.1 Å². The van der Waals surface area contributed by atoms with Gasteiger partial charge in [0.15, 0.2) is 11.6 Å². The molecule has 0 radical (unpaired) electrons. The summed E-state index contributed by atoms with van der Waals surface area (Å²) in [5.74, 6) is -0.599. The molecule has 7 nitrogen and oxygen atoms in total. The third-order valence-corrected chi connectivity index (χ3v) is 7.84. The van der Waals surface area contributed by atoms with E-state index in [-0.39, 0.29) is 22.6 Å². The second kappa shape index (κ2) is 10.5. The lowest BCUT2D eigenvalue weighted by Gasteiger charge is -2.35. The predicted octanol–water partition coefficient (Wildman–Crippen LogP) is 2.37. The maximum absolute atomic E-state index is 14.1. The minimum absolute atomic E-state index is 0.0192. The Labute approximate surface area is 178 Å². The van der Waals surface area contributed by atoms with Gasteiger partial charge in [-0.15, -0.1) is 0 Å². The number of hydrogen-bond donors (Lipinski definition) is 1. The van der Waals surface area contributed by atoms with E-state index in [1.54, 1.807) is 0 Å². The number of nitrogens with zero attached hydrogens (tertiary/aromatic N) is 2. The average molecular weight is 442 g/mol. The highest BCUT2D eigenvalue weighted by atomic mass is 32.2. The van der Waals surface area contributed by atoms with Crippen molar-refractivity contribution in [3.8, 4) is 5.75 Å². The normalized spacial score (nSPS) is 23.4. The Morgan fingerprint density at radius 3 is 2.57 bits per heavy atom. The van der Waals surface area contributed by atoms with Crippen LogP contribution in [0.5, 0.6) is 5.75 Å². The number of carbonyl (C=O) groups excluding carboxylic acids is 1. The van der Waals surface area contributed by atoms with Gasteiger partial charge in [0.05, 0.1) is 12.0 Å². The molecular formula is C21H32FN3O4S. The van der Waals surface area contributed by atoms with Gasteiger partial charge in [-0.25, -0.2) is 12.8 Å². The van der Waals surface area contributed by atoms with E-state index < -0.39 is 15.8 Å². The Balaban J connectivity index is 1.76. The quantitative estimate of drug-likeness (QED) is 0.779. The zero-order valence-electron chi connectivity index (χ0n) is 17.6. The number of piperidine rings is 1. The van der Waals surface area contributed by atoms with Gasteiger partial charge in [-0.3, -0.25) is 9.69 Å². The summed E-state index contributed by atoms with van der Waals surface area (Å²) < 4.78 is 46.9. The molecule has 2 saturated heterocycles. The molecular weight excluding hydrogens is 409 g/mol. The molecule has 168 valence electrons. The first-order valence-electron chi connectivity index (χ1n) is 10.8. The first-order valence-corrected chi connectivity index (χ1v) is 12.2. The van der Waals surface area contributed by atoms with Crippen molar-refractivity contribution in [3.63, 3.8) is 0 Å². The number of hydrogen-bond acceptors (Lipinski definition) is 5. The number of methoxy groups -OCH3 is 1. The molecule has 1 amide bonds. The fourth-order valence-corrected chi connectivity index (χ4v) is 5.80. The summed E-state index contributed by atoms with van der Waals surface area (Å²) in [4.78, 5) is 14.5. The molecule has 1 unspecified atom stereocenters. The smallest absolute Gasteiger partial charge is 0.243 e. The van der Waals surface area contributed by atoms with Crippen molar-refractivity contribution >= 4 is 15.9 Å². The topological polar surface area (TPSA) is 79.0 Å². The van der Waals surface area contributed by atoms with Crippen molar-refractivity contribution in [1.29, 1.82) is 0 Å². The molecule has 0 aliphatic carbocycles. The lowest BCUT2D eigenvalue weighted by Crippen LogP contribution is -2.44. The molecule has 2 aliphatic rings. The van der Waals surface area contributed by atoms with Gasteiger partial charge in [0.2, 0.25) is 15.9 Å². The SMILES string of the molecule is COc1ccc(S(=O)(=O)N2CCCCNC(=O)CC3CCCCN3CCC2)cc1F. The van der Waals surface area contributed by atoms with E-state index in [1.165, 1.54) is 23.5 Å². The van der Waals surface area contributed by atoms with Gasteiger partial charge in [0, 0.05) is 32.1 Å². The van der Waals surface area contributed by atoms with Crippen LogP contribution in [0.1, 0.15) is 44.9 Å². The maximum Gasteiger partial charge on any atom is 0.243 e. The molecule has 9 heteroatoms. The Hall–Kier alpha value is -1.71. The van der Waals surface area contributed by atoms with E-state index >= 15 is 0 Å². The molecule has 1 N–H and O–H groups in total. The van der Waals surface area contributed by atoms with Gasteiger partial charge in [0.25, 0.3) is 0 Å². The van der Waals surface area contributed by atoms with Crippen LogP contribution < -0.4 is 10.1 Å². The first kappa shape index (κ1) is 23.0. The summed E-state index contributed by atoms with van der Waals surface area (Å²) in [5.41, 5.74) is 0. The van der Waals surface area contributed by atoms with Crippen LogP contribution in [0, 0.1) is 5.82 Å². The minimum Gasteiger partial charge on any atom is -0.494 e. The third kappa shape index (κ3) is 5.70. The van der Waals surface area contributed by atoms with Crippen LogP contribution in [0.3, 0.4) is 0 Å². The fourth-order valence-electron chi connectivity index (χ4n) is 4.27. The number of carbonyl (C=O) groups is 1. The predicted molar refractivity (Wildman–Crippen MR) is 112 cm³/mol. The molecule has 30 heavy (non-hydrogen) atoms. The number of benzene rings is 1. The van der Waals surface area contributed by atoms with Crippen LogP contribution >= 0.6 is 0 Å². The van der Waals surface area contributed by atoms with Crippen LogP contribution in [0.2, 0.25) is 0 Å². The molecule has 0 bridgehead atoms. The van der Waals surface area contributed by atoms with E-state index in [9.17, 15) is 17.6 Å². The zero-order chi connectivity index (χ0) is 21.6. The van der Waals surface area contributed by atoms with Crippen LogP contribution in [0.4, 0.5) is 4.39 Å². The van der Waals surface area contributed by atoms with Gasteiger partial charge in [-0.05, 0) is 63.4 Å². The van der Waals surface area contributed by atoms with Crippen molar-refractivity contribution < 1.29 is 22.3 Å². The second-order valence-corrected chi connectivity index (χ2v) is 9.94. The summed E-state index contributed by atoms with van der Waals surface area (Å²) >= 11 is 0. The summed E-state index contributed by atoms with van der Waals surface area (Å²) in [6.45, 7) is 2.95. The Morgan fingerprint density at radius 2 is 1.80 bits per heavy atom. The molecule has 3 rings (SSSR count). The van der Waals surface area contributed by atoms with E-state index in [4.69, 9.17) is 4.74 Å². The second-order valence-electron chi connectivity index (χ2n) is 8.00. The number of ether oxygens (including phenoxy) is 1. The van der Waals surface area contributed by atoms with Crippen LogP contribution in [-0.2, 0) is 14.8 Å². The standard InChI is InChI=1S/C21H32FN3O4S/c1-29-20-9-8-18(16-19(20)22)30(27,28)25-13-5-3-10-23-21(26)15-17-7-2-4-11-24(17)12-6-14-25/h8-9,16-17H,2-7,10-15H2,1H3,(H,23,26). The summed E-state index contributed by atoms with van der Waals surface area (Å²) in [6, 6.07) is 3.98. The molecule has 1 aromatic rings. The summed E-state index contributed by atoms with van der Waals surface area (Å²) in [6.07, 6.45) is 5.74. The highest BCUT2D eigenvalue weighted by Crippen LogP contribution is 2.24. The van der Waals surface area contributed by atoms with Crippen molar-refractivity contribution in [2.24, 2.45) is 0 Å². The minimum atomic E-state index is -3.82. The zero-order valence-corrected chi connectivity index (χ0v) is 18.4. The van der Waals surface area contributed by atoms with Gasteiger partial charge in [-0.2, -0.15) is 4.31 Å². The summed E-state index contributed by atoms with van der Waals surface area (Å²) in [5, 5.41) is 2.96. The van der Waals surface area contributed by atoms with Gasteiger partial charge < -0.3 is 10.1 Å². The van der Waals surface area contributed by atoms with E-state index in [0.29, 0.717) is 45.3 Å². The monoisotopic (exact) mass is 441 g/mol. The van der Waals surface area contributed by atoms with Crippen LogP contribution in [-0.4, -0.2) is 69.4 Å². The van der Waals surface area contributed by atoms with Crippen molar-refractivity contribution in [3.05, 3.63) is 24.0 Å². The molecule has 2 heterocycles. The number of nitrogens with one attached hydrogen (secondary N) is 1. The van der Waals surface area contributed by atoms with Crippen molar-refractivity contribution in [1.82, 2.24) is 14.5 Å². The van der Waals surface area contributed by atoms with Gasteiger partial charge >= 0.3 is 0 Å². The maximum atomic E-state index is 14.1. The molecule has 2 aliphatic heterocycles. The Bertz CT molecular complexity index is 834. The van der Waals surface area contributed by atoms with Gasteiger partial charge in [-0.1, -0.05) is 6.42 Å². The number of amides is 1. The van der Waals surface area contributed by atoms with E-state index in [1.807, 2.05) is 0 Å². The molecule has 0 spiro atoms. The molecule has 2 fully saturated rings. The lowest BCUT2D eigenvalue weighted by molar-refractivity contribution is -0.122. The van der Waals surface area contributed by atoms with Crippen LogP contribution in [0.25, 0.3) is 0 Å². The van der Waals surface area contributed by atoms with E-state index in [2.05, 4.69) is 10.2 Å². The highest BCUT2D eigenvalue weighted by Gasteiger charge is 2.28. The number of fused-ring (bicyclic) bond motifs is 1. The average Bonchev–Trinajstić information content (AvgIpc) is 2.74. The number of sulfonamides is 1. The fraction of sp³-hybridized carbons (Fsp3) is 0.667. The molecule has 0 saturated carbocycles. The largest absolute Gasteiger partial charge is 0.494 e. The van der Waals surface area contributed by atoms with Crippen molar-refractivity contribution in [2.45, 2.75) is 55.9 Å². The number of halogens is 1. The van der Waals surface area contributed by atoms with E-state index in [0.717, 1.165) is 38.4 Å². The Morgan fingerprint density at radius 1 is 1.07 bits per heavy atom. The van der Waals surface area contributed by atoms with Gasteiger partial charge in [0.1, 0.15) is 0 Å². The molecule has 0 aromatic heterocycles. The summed E-state index contributed by atoms with van der Waals surface area (Å²) in [7, 11) is -2.47. The van der Waals surface area contributed by atoms with Crippen molar-refractivity contribution in [2.75, 3.05) is 39.8 Å². The highest BCUT2D eigenvalue weighted by molar-refractivity contribution is 7.89. The number of rotatable bonds is 3. The molecule has 1 aromatic carbocycles. The Kier molecular flexibility index (Phi) is 8.07. The molecule has 1 atom stereocenters.